The molecule has 2 fully saturated rings. The molecule has 2 aliphatic rings. The van der Waals surface area contributed by atoms with Gasteiger partial charge in [0.05, 0.1) is 6.04 Å². The number of carbonyl (C=O) groups is 2. The van der Waals surface area contributed by atoms with E-state index in [0.29, 0.717) is 0 Å². The van der Waals surface area contributed by atoms with Crippen LogP contribution in [0.25, 0.3) is 0 Å². The fraction of sp³-hybridized carbons (Fsp3) is 0.529. The van der Waals surface area contributed by atoms with Gasteiger partial charge in [0.2, 0.25) is 0 Å². The molecule has 3 rings (SSSR count). The highest BCUT2D eigenvalue weighted by molar-refractivity contribution is 9.10. The predicted molar refractivity (Wildman–Crippen MR) is 95.5 cm³/mol. The van der Waals surface area contributed by atoms with E-state index in [1.807, 2.05) is 38.4 Å². The molecule has 1 aromatic rings. The first-order chi connectivity index (χ1) is 11.3. The lowest BCUT2D eigenvalue weighted by Crippen LogP contribution is -2.71. The van der Waals surface area contributed by atoms with Crippen LogP contribution in [0.1, 0.15) is 18.5 Å². The summed E-state index contributed by atoms with van der Waals surface area (Å²) in [7, 11) is 7.21. The summed E-state index contributed by atoms with van der Waals surface area (Å²) in [5.74, 6) is 0.0894. The second-order valence-corrected chi connectivity index (χ2v) is 7.65. The zero-order chi connectivity index (χ0) is 17.8. The lowest BCUT2D eigenvalue weighted by atomic mass is 9.80. The standard InChI is InChI=1S/C17H23BrN4O2/c1-10-13-14(11-6-8-12(18)9-7-11)20(3)17(24)22(5)15(13)21(4)16(23)19(10)2/h6-10,13-15H,1-5H3/t10-,13-,14-,15-/m0/s1. The Morgan fingerprint density at radius 3 is 1.88 bits per heavy atom. The van der Waals surface area contributed by atoms with Crippen LogP contribution in [0.15, 0.2) is 28.7 Å². The Bertz CT molecular complexity index is 661. The van der Waals surface area contributed by atoms with Gasteiger partial charge in [0.1, 0.15) is 6.17 Å². The highest BCUT2D eigenvalue weighted by atomic mass is 79.9. The molecule has 0 aliphatic carbocycles. The van der Waals surface area contributed by atoms with E-state index in [1.54, 1.807) is 33.7 Å². The van der Waals surface area contributed by atoms with E-state index in [9.17, 15) is 9.59 Å². The number of rotatable bonds is 1. The van der Waals surface area contributed by atoms with Gasteiger partial charge in [-0.05, 0) is 24.6 Å². The molecular formula is C17H23BrN4O2. The van der Waals surface area contributed by atoms with Crippen molar-refractivity contribution in [1.82, 2.24) is 19.6 Å². The van der Waals surface area contributed by atoms with Gasteiger partial charge in [-0.15, -0.1) is 0 Å². The third-order valence-corrected chi connectivity index (χ3v) is 6.03. The van der Waals surface area contributed by atoms with Crippen molar-refractivity contribution in [2.45, 2.75) is 25.2 Å². The first-order valence-corrected chi connectivity index (χ1v) is 8.79. The Labute approximate surface area is 151 Å². The van der Waals surface area contributed by atoms with Crippen LogP contribution in [0.4, 0.5) is 9.59 Å². The number of benzene rings is 1. The van der Waals surface area contributed by atoms with E-state index in [0.717, 1.165) is 10.0 Å². The smallest absolute Gasteiger partial charge is 0.321 e. The normalized spacial score (nSPS) is 30.8. The SMILES string of the molecule is C[C@H]1[C@@H]2[C@@H](N(C)C(=O)N1C)N(C)C(=O)N(C)[C@H]2c1ccc(Br)cc1. The minimum atomic E-state index is -0.249. The molecule has 7 heteroatoms. The van der Waals surface area contributed by atoms with Gasteiger partial charge in [0.25, 0.3) is 0 Å². The highest BCUT2D eigenvalue weighted by Crippen LogP contribution is 2.43. The number of fused-ring (bicyclic) bond motifs is 1. The van der Waals surface area contributed by atoms with Crippen molar-refractivity contribution in [2.75, 3.05) is 28.2 Å². The van der Waals surface area contributed by atoms with Crippen molar-refractivity contribution in [3.8, 4) is 0 Å². The largest absolute Gasteiger partial charge is 0.324 e. The second kappa shape index (κ2) is 5.95. The van der Waals surface area contributed by atoms with Crippen LogP contribution in [0.5, 0.6) is 0 Å². The van der Waals surface area contributed by atoms with Crippen LogP contribution in [0.2, 0.25) is 0 Å². The van der Waals surface area contributed by atoms with Crippen LogP contribution in [0, 0.1) is 5.92 Å². The average molecular weight is 395 g/mol. The predicted octanol–water partition coefficient (Wildman–Crippen LogP) is 2.82. The molecule has 0 N–H and O–H groups in total. The van der Waals surface area contributed by atoms with Crippen molar-refractivity contribution >= 4 is 28.0 Å². The molecule has 1 aromatic carbocycles. The number of carbonyl (C=O) groups excluding carboxylic acids is 2. The fourth-order valence-corrected chi connectivity index (χ4v) is 4.36. The number of urea groups is 2. The van der Waals surface area contributed by atoms with Crippen LogP contribution >= 0.6 is 15.9 Å². The van der Waals surface area contributed by atoms with Crippen molar-refractivity contribution in [3.05, 3.63) is 34.3 Å². The molecule has 130 valence electrons. The molecule has 2 saturated heterocycles. The summed E-state index contributed by atoms with van der Waals surface area (Å²) >= 11 is 3.46. The van der Waals surface area contributed by atoms with Crippen LogP contribution in [-0.2, 0) is 0 Å². The van der Waals surface area contributed by atoms with Gasteiger partial charge in [-0.1, -0.05) is 28.1 Å². The van der Waals surface area contributed by atoms with Gasteiger partial charge in [-0.25, -0.2) is 9.59 Å². The van der Waals surface area contributed by atoms with Crippen molar-refractivity contribution in [2.24, 2.45) is 5.92 Å². The van der Waals surface area contributed by atoms with Gasteiger partial charge >= 0.3 is 12.1 Å². The van der Waals surface area contributed by atoms with Crippen molar-refractivity contribution < 1.29 is 9.59 Å². The second-order valence-electron chi connectivity index (χ2n) is 6.74. The van der Waals surface area contributed by atoms with E-state index in [-0.39, 0.29) is 36.2 Å². The number of amides is 4. The number of hydrogen-bond acceptors (Lipinski definition) is 2. The Hall–Kier alpha value is -1.76. The fourth-order valence-electron chi connectivity index (χ4n) is 4.09. The maximum Gasteiger partial charge on any atom is 0.321 e. The number of halogens is 1. The molecule has 0 bridgehead atoms. The van der Waals surface area contributed by atoms with Crippen molar-refractivity contribution in [1.29, 1.82) is 0 Å². The van der Waals surface area contributed by atoms with Gasteiger partial charge < -0.3 is 19.6 Å². The monoisotopic (exact) mass is 394 g/mol. The summed E-state index contributed by atoms with van der Waals surface area (Å²) < 4.78 is 1.01. The van der Waals surface area contributed by atoms with E-state index in [4.69, 9.17) is 0 Å². The summed E-state index contributed by atoms with van der Waals surface area (Å²) in [6.45, 7) is 2.06. The minimum Gasteiger partial charge on any atom is -0.324 e. The van der Waals surface area contributed by atoms with Crippen LogP contribution in [0.3, 0.4) is 0 Å². The summed E-state index contributed by atoms with van der Waals surface area (Å²) in [6, 6.07) is 7.89. The lowest BCUT2D eigenvalue weighted by molar-refractivity contribution is -0.0652. The molecule has 4 amide bonds. The average Bonchev–Trinajstić information content (AvgIpc) is 2.57. The zero-order valence-corrected chi connectivity index (χ0v) is 16.2. The molecule has 0 aromatic heterocycles. The third kappa shape index (κ3) is 2.37. The minimum absolute atomic E-state index is 0.0188. The third-order valence-electron chi connectivity index (χ3n) is 5.51. The van der Waals surface area contributed by atoms with E-state index in [2.05, 4.69) is 22.9 Å². The molecule has 24 heavy (non-hydrogen) atoms. The van der Waals surface area contributed by atoms with E-state index in [1.165, 1.54) is 0 Å². The van der Waals surface area contributed by atoms with Crippen LogP contribution in [-0.4, -0.2) is 72.1 Å². The quantitative estimate of drug-likeness (QED) is 0.734. The molecule has 0 unspecified atom stereocenters. The zero-order valence-electron chi connectivity index (χ0n) is 14.6. The summed E-state index contributed by atoms with van der Waals surface area (Å²) in [6.07, 6.45) is -0.249. The first kappa shape index (κ1) is 17.1. The number of nitrogens with zero attached hydrogens (tertiary/aromatic N) is 4. The van der Waals surface area contributed by atoms with E-state index >= 15 is 0 Å². The molecule has 4 atom stereocenters. The highest BCUT2D eigenvalue weighted by Gasteiger charge is 2.53. The maximum atomic E-state index is 12.8. The van der Waals surface area contributed by atoms with Gasteiger partial charge in [0, 0.05) is 44.6 Å². The summed E-state index contributed by atoms with van der Waals surface area (Å²) in [5.41, 5.74) is 1.08. The van der Waals surface area contributed by atoms with Gasteiger partial charge in [0.15, 0.2) is 0 Å². The summed E-state index contributed by atoms with van der Waals surface area (Å²) in [5, 5.41) is 0. The van der Waals surface area contributed by atoms with Gasteiger partial charge in [-0.2, -0.15) is 0 Å². The van der Waals surface area contributed by atoms with Crippen molar-refractivity contribution in [3.63, 3.8) is 0 Å². The maximum absolute atomic E-state index is 12.8. The molecule has 2 heterocycles. The van der Waals surface area contributed by atoms with E-state index < -0.39 is 0 Å². The number of hydrogen-bond donors (Lipinski definition) is 0. The topological polar surface area (TPSA) is 47.1 Å². The first-order valence-electron chi connectivity index (χ1n) is 8.00. The molecule has 6 nitrogen and oxygen atoms in total. The molecule has 0 spiro atoms. The lowest BCUT2D eigenvalue weighted by Gasteiger charge is -2.57. The Kier molecular flexibility index (Phi) is 4.23. The Morgan fingerprint density at radius 1 is 0.833 bits per heavy atom. The summed E-state index contributed by atoms with van der Waals surface area (Å²) in [4.78, 5) is 32.2. The van der Waals surface area contributed by atoms with Crippen LogP contribution < -0.4 is 0 Å². The molecule has 0 radical (unpaired) electrons. The van der Waals surface area contributed by atoms with Gasteiger partial charge in [-0.3, -0.25) is 0 Å². The molecule has 2 aliphatic heterocycles. The molecular weight excluding hydrogens is 372 g/mol. The Balaban J connectivity index is 2.11. The Morgan fingerprint density at radius 2 is 1.33 bits per heavy atom. The molecule has 0 saturated carbocycles.